The quantitative estimate of drug-likeness (QED) is 0.774. The van der Waals surface area contributed by atoms with Crippen LogP contribution in [0.25, 0.3) is 10.9 Å². The Kier molecular flexibility index (Phi) is 4.30. The molecule has 3 aromatic rings. The highest BCUT2D eigenvalue weighted by Crippen LogP contribution is 2.40. The van der Waals surface area contributed by atoms with Crippen molar-refractivity contribution in [1.82, 2.24) is 14.9 Å². The lowest BCUT2D eigenvalue weighted by Crippen LogP contribution is -2.34. The predicted octanol–water partition coefficient (Wildman–Crippen LogP) is 3.43. The highest BCUT2D eigenvalue weighted by Gasteiger charge is 2.35. The average Bonchev–Trinajstić information content (AvgIpc) is 3.47. The molecule has 0 bridgehead atoms. The van der Waals surface area contributed by atoms with Gasteiger partial charge in [0.1, 0.15) is 5.56 Å². The van der Waals surface area contributed by atoms with Crippen LogP contribution in [0.2, 0.25) is 0 Å². The number of hydrogen-bond acceptors (Lipinski definition) is 3. The number of benzene rings is 1. The van der Waals surface area contributed by atoms with Gasteiger partial charge in [0.2, 0.25) is 5.43 Å². The summed E-state index contributed by atoms with van der Waals surface area (Å²) in [6.45, 7) is 3.95. The Morgan fingerprint density at radius 2 is 1.93 bits per heavy atom. The number of carbonyl (C=O) groups is 1. The maximum absolute atomic E-state index is 13.0. The minimum atomic E-state index is -0.334. The van der Waals surface area contributed by atoms with Crippen LogP contribution in [-0.2, 0) is 7.05 Å². The van der Waals surface area contributed by atoms with E-state index in [0.29, 0.717) is 11.3 Å². The van der Waals surface area contributed by atoms with Crippen LogP contribution in [0.4, 0.5) is 0 Å². The van der Waals surface area contributed by atoms with E-state index in [4.69, 9.17) is 0 Å². The molecule has 27 heavy (non-hydrogen) atoms. The van der Waals surface area contributed by atoms with Gasteiger partial charge in [0.15, 0.2) is 0 Å². The molecule has 0 radical (unpaired) electrons. The second kappa shape index (κ2) is 6.65. The second-order valence-corrected chi connectivity index (χ2v) is 7.55. The number of carbonyl (C=O) groups excluding carboxylic acids is 1. The molecule has 2 heterocycles. The van der Waals surface area contributed by atoms with Crippen LogP contribution in [0, 0.1) is 19.8 Å². The van der Waals surface area contributed by atoms with Crippen LogP contribution in [0.1, 0.15) is 46.1 Å². The molecule has 0 unspecified atom stereocenters. The summed E-state index contributed by atoms with van der Waals surface area (Å²) in [4.78, 5) is 30.4. The van der Waals surface area contributed by atoms with Gasteiger partial charge < -0.3 is 9.88 Å². The van der Waals surface area contributed by atoms with E-state index in [2.05, 4.69) is 10.3 Å². The molecule has 2 aromatic heterocycles. The Bertz CT molecular complexity index is 1100. The summed E-state index contributed by atoms with van der Waals surface area (Å²) in [5.74, 6) is 0.0500. The summed E-state index contributed by atoms with van der Waals surface area (Å²) in [7, 11) is 1.86. The second-order valence-electron chi connectivity index (χ2n) is 7.55. The third-order valence-electron chi connectivity index (χ3n) is 5.22. The molecule has 1 amide bonds. The van der Waals surface area contributed by atoms with Crippen molar-refractivity contribution in [3.05, 3.63) is 75.3 Å². The van der Waals surface area contributed by atoms with Gasteiger partial charge in [-0.2, -0.15) is 0 Å². The van der Waals surface area contributed by atoms with Crippen molar-refractivity contribution >= 4 is 16.8 Å². The Hall–Kier alpha value is -2.95. The Labute approximate surface area is 158 Å². The van der Waals surface area contributed by atoms with Gasteiger partial charge in [0.25, 0.3) is 5.91 Å². The van der Waals surface area contributed by atoms with E-state index in [1.807, 2.05) is 55.8 Å². The first-order chi connectivity index (χ1) is 12.9. The number of aromatic nitrogens is 2. The topological polar surface area (TPSA) is 64.0 Å². The van der Waals surface area contributed by atoms with E-state index in [1.165, 1.54) is 0 Å². The Morgan fingerprint density at radius 3 is 2.63 bits per heavy atom. The van der Waals surface area contributed by atoms with E-state index in [1.54, 1.807) is 12.4 Å². The number of amides is 1. The smallest absolute Gasteiger partial charge is 0.257 e. The molecule has 1 N–H and O–H groups in total. The molecule has 1 saturated carbocycles. The zero-order chi connectivity index (χ0) is 19.1. The zero-order valence-electron chi connectivity index (χ0n) is 15.8. The molecule has 1 aliphatic carbocycles. The number of nitrogens with zero attached hydrogens (tertiary/aromatic N) is 2. The first-order valence-electron chi connectivity index (χ1n) is 9.27. The van der Waals surface area contributed by atoms with Gasteiger partial charge in [-0.1, -0.05) is 11.6 Å². The highest BCUT2D eigenvalue weighted by atomic mass is 16.2. The van der Waals surface area contributed by atoms with Gasteiger partial charge in [0, 0.05) is 24.8 Å². The van der Waals surface area contributed by atoms with Crippen LogP contribution in [0.3, 0.4) is 0 Å². The number of aryl methyl sites for hydroxylation is 3. The maximum atomic E-state index is 13.0. The van der Waals surface area contributed by atoms with Crippen molar-refractivity contribution in [3.63, 3.8) is 0 Å². The van der Waals surface area contributed by atoms with Gasteiger partial charge in [0.05, 0.1) is 17.3 Å². The van der Waals surface area contributed by atoms with Gasteiger partial charge in [-0.15, -0.1) is 0 Å². The lowest BCUT2D eigenvalue weighted by atomic mass is 10.0. The molecule has 1 fully saturated rings. The summed E-state index contributed by atoms with van der Waals surface area (Å²) in [5, 5.41) is 3.64. The summed E-state index contributed by atoms with van der Waals surface area (Å²) in [6.07, 6.45) is 5.53. The van der Waals surface area contributed by atoms with Crippen LogP contribution in [-0.4, -0.2) is 15.5 Å². The number of fused-ring (bicyclic) bond motifs is 1. The van der Waals surface area contributed by atoms with Crippen molar-refractivity contribution in [2.24, 2.45) is 13.0 Å². The molecule has 4 rings (SSSR count). The molecule has 0 saturated heterocycles. The minimum absolute atomic E-state index is 0.157. The first-order valence-corrected chi connectivity index (χ1v) is 9.27. The molecule has 5 nitrogen and oxygen atoms in total. The third kappa shape index (κ3) is 3.37. The molecule has 1 aliphatic rings. The van der Waals surface area contributed by atoms with Gasteiger partial charge >= 0.3 is 0 Å². The third-order valence-corrected chi connectivity index (χ3v) is 5.22. The van der Waals surface area contributed by atoms with E-state index in [0.717, 1.165) is 35.2 Å². The lowest BCUT2D eigenvalue weighted by Gasteiger charge is -2.19. The minimum Gasteiger partial charge on any atom is -0.350 e. The van der Waals surface area contributed by atoms with Gasteiger partial charge in [-0.05, 0) is 62.4 Å². The van der Waals surface area contributed by atoms with Crippen molar-refractivity contribution in [2.45, 2.75) is 32.7 Å². The molecule has 138 valence electrons. The molecule has 1 atom stereocenters. The number of rotatable bonds is 4. The van der Waals surface area contributed by atoms with E-state index in [9.17, 15) is 9.59 Å². The number of nitrogens with one attached hydrogen (secondary N) is 1. The van der Waals surface area contributed by atoms with Crippen molar-refractivity contribution < 1.29 is 4.79 Å². The Morgan fingerprint density at radius 1 is 1.19 bits per heavy atom. The summed E-state index contributed by atoms with van der Waals surface area (Å²) < 4.78 is 1.84. The molecule has 0 spiro atoms. The summed E-state index contributed by atoms with van der Waals surface area (Å²) >= 11 is 0. The molecule has 5 heteroatoms. The SMILES string of the molecule is Cc1ccnc([C@H](NC(=O)c2cn(C)c3ccc(C)cc3c2=O)C2CC2)c1. The van der Waals surface area contributed by atoms with E-state index in [-0.39, 0.29) is 22.9 Å². The fraction of sp³-hybridized carbons (Fsp3) is 0.318. The van der Waals surface area contributed by atoms with Crippen molar-refractivity contribution in [1.29, 1.82) is 0 Å². The molecule has 0 aliphatic heterocycles. The summed E-state index contributed by atoms with van der Waals surface area (Å²) in [6, 6.07) is 9.51. The molecule has 1 aromatic carbocycles. The van der Waals surface area contributed by atoms with E-state index >= 15 is 0 Å². The standard InChI is InChI=1S/C22H23N3O2/c1-13-4-7-19-16(10-13)21(26)17(12-25(19)3)22(27)24-20(15-5-6-15)18-11-14(2)8-9-23-18/h4,7-12,15,20H,5-6H2,1-3H3,(H,24,27)/t20-/m1/s1. The van der Waals surface area contributed by atoms with Crippen LogP contribution in [0.15, 0.2) is 47.5 Å². The first kappa shape index (κ1) is 17.5. The van der Waals surface area contributed by atoms with Crippen molar-refractivity contribution in [2.75, 3.05) is 0 Å². The number of hydrogen-bond donors (Lipinski definition) is 1. The largest absolute Gasteiger partial charge is 0.350 e. The maximum Gasteiger partial charge on any atom is 0.257 e. The average molecular weight is 361 g/mol. The highest BCUT2D eigenvalue weighted by molar-refractivity contribution is 5.97. The van der Waals surface area contributed by atoms with Crippen LogP contribution < -0.4 is 10.7 Å². The van der Waals surface area contributed by atoms with Gasteiger partial charge in [-0.25, -0.2) is 0 Å². The Balaban J connectivity index is 1.72. The number of pyridine rings is 2. The van der Waals surface area contributed by atoms with Crippen molar-refractivity contribution in [3.8, 4) is 0 Å². The van der Waals surface area contributed by atoms with Crippen LogP contribution >= 0.6 is 0 Å². The normalized spacial score (nSPS) is 14.9. The fourth-order valence-corrected chi connectivity index (χ4v) is 3.58. The lowest BCUT2D eigenvalue weighted by molar-refractivity contribution is 0.0929. The van der Waals surface area contributed by atoms with Crippen LogP contribution in [0.5, 0.6) is 0 Å². The molecular weight excluding hydrogens is 338 g/mol. The van der Waals surface area contributed by atoms with Gasteiger partial charge in [-0.3, -0.25) is 14.6 Å². The van der Waals surface area contributed by atoms with E-state index < -0.39 is 0 Å². The monoisotopic (exact) mass is 361 g/mol. The zero-order valence-corrected chi connectivity index (χ0v) is 15.8. The predicted molar refractivity (Wildman–Crippen MR) is 106 cm³/mol. The summed E-state index contributed by atoms with van der Waals surface area (Å²) in [5.41, 5.74) is 3.74. The fourth-order valence-electron chi connectivity index (χ4n) is 3.58. The molecular formula is C22H23N3O2.